The Morgan fingerprint density at radius 1 is 1.39 bits per heavy atom. The van der Waals surface area contributed by atoms with Crippen LogP contribution in [0.4, 0.5) is 0 Å². The number of nitrogens with zero attached hydrogens (tertiary/aromatic N) is 2. The van der Waals surface area contributed by atoms with Crippen molar-refractivity contribution in [3.63, 3.8) is 0 Å². The summed E-state index contributed by atoms with van der Waals surface area (Å²) in [7, 11) is 1.54. The zero-order valence-corrected chi connectivity index (χ0v) is 10.7. The van der Waals surface area contributed by atoms with Crippen LogP contribution in [0.5, 0.6) is 0 Å². The molecule has 0 saturated carbocycles. The van der Waals surface area contributed by atoms with E-state index < -0.39 is 11.2 Å². The average Bonchev–Trinajstić information content (AvgIpc) is 2.92. The summed E-state index contributed by atoms with van der Waals surface area (Å²) in [5, 5.41) is 2.38. The summed E-state index contributed by atoms with van der Waals surface area (Å²) >= 11 is 7.42. The van der Waals surface area contributed by atoms with E-state index in [1.807, 2.05) is 5.38 Å². The number of hydrogen-bond donors (Lipinski definition) is 2. The van der Waals surface area contributed by atoms with Gasteiger partial charge >= 0.3 is 5.69 Å². The summed E-state index contributed by atoms with van der Waals surface area (Å²) in [6, 6.07) is 1.75. The van der Waals surface area contributed by atoms with E-state index in [1.54, 1.807) is 13.1 Å². The molecule has 0 saturated heterocycles. The van der Waals surface area contributed by atoms with Crippen LogP contribution in [0.25, 0.3) is 21.9 Å². The summed E-state index contributed by atoms with van der Waals surface area (Å²) in [6.07, 6.45) is 0. The van der Waals surface area contributed by atoms with Crippen molar-refractivity contribution in [2.24, 2.45) is 7.05 Å². The number of nitrogens with one attached hydrogen (secondary N) is 2. The second-order valence-electron chi connectivity index (χ2n) is 3.70. The molecule has 0 amide bonds. The summed E-state index contributed by atoms with van der Waals surface area (Å²) in [5.74, 6) is 0.483. The van der Waals surface area contributed by atoms with Gasteiger partial charge in [-0.2, -0.15) is 0 Å². The van der Waals surface area contributed by atoms with Gasteiger partial charge in [0.15, 0.2) is 11.5 Å². The summed E-state index contributed by atoms with van der Waals surface area (Å²) in [4.78, 5) is 33.2. The van der Waals surface area contributed by atoms with Crippen LogP contribution < -0.4 is 11.2 Å². The number of halogens is 1. The molecule has 0 fully saturated rings. The Bertz CT molecular complexity index is 857. The van der Waals surface area contributed by atoms with Crippen LogP contribution in [0.3, 0.4) is 0 Å². The largest absolute Gasteiger partial charge is 0.331 e. The highest BCUT2D eigenvalue weighted by molar-refractivity contribution is 7.14. The van der Waals surface area contributed by atoms with Crippen LogP contribution in [-0.2, 0) is 7.05 Å². The topological polar surface area (TPSA) is 83.5 Å². The predicted molar refractivity (Wildman–Crippen MR) is 70.3 cm³/mol. The molecule has 0 unspecified atom stereocenters. The van der Waals surface area contributed by atoms with Gasteiger partial charge in [-0.1, -0.05) is 11.6 Å². The molecule has 0 radical (unpaired) electrons. The summed E-state index contributed by atoms with van der Waals surface area (Å²) < 4.78 is 1.28. The number of hydrogen-bond acceptors (Lipinski definition) is 4. The molecule has 2 N–H and O–H groups in total. The third-order valence-corrected chi connectivity index (χ3v) is 3.93. The third-order valence-electron chi connectivity index (χ3n) is 2.59. The van der Waals surface area contributed by atoms with Crippen molar-refractivity contribution >= 4 is 34.1 Å². The number of aromatic nitrogens is 4. The fourth-order valence-corrected chi connectivity index (χ4v) is 2.76. The molecular formula is C10H7ClN4O2S. The SMILES string of the molecule is Cn1c(=O)[nH]c(=O)c2[nH]c(-c3sccc3Cl)nc21. The van der Waals surface area contributed by atoms with Crippen molar-refractivity contribution in [1.29, 1.82) is 0 Å². The van der Waals surface area contributed by atoms with Crippen LogP contribution in [0, 0.1) is 0 Å². The first kappa shape index (κ1) is 11.2. The normalized spacial score (nSPS) is 11.2. The maximum Gasteiger partial charge on any atom is 0.329 e. The number of thiophene rings is 1. The zero-order valence-electron chi connectivity index (χ0n) is 9.15. The van der Waals surface area contributed by atoms with Crippen LogP contribution in [0.1, 0.15) is 0 Å². The smallest absolute Gasteiger partial charge is 0.329 e. The Kier molecular flexibility index (Phi) is 2.39. The molecule has 0 aromatic carbocycles. The van der Waals surface area contributed by atoms with Gasteiger partial charge < -0.3 is 4.98 Å². The molecule has 6 nitrogen and oxygen atoms in total. The minimum Gasteiger partial charge on any atom is -0.331 e. The second kappa shape index (κ2) is 3.82. The van der Waals surface area contributed by atoms with Gasteiger partial charge in [0, 0.05) is 7.05 Å². The molecule has 0 atom stereocenters. The van der Waals surface area contributed by atoms with Gasteiger partial charge in [-0.25, -0.2) is 9.78 Å². The van der Waals surface area contributed by atoms with Crippen molar-refractivity contribution < 1.29 is 0 Å². The first-order valence-corrected chi connectivity index (χ1v) is 6.26. The van der Waals surface area contributed by atoms with E-state index in [9.17, 15) is 9.59 Å². The fourth-order valence-electron chi connectivity index (χ4n) is 1.67. The number of aryl methyl sites for hydroxylation is 1. The lowest BCUT2D eigenvalue weighted by Gasteiger charge is -1.94. The lowest BCUT2D eigenvalue weighted by molar-refractivity contribution is 0.832. The molecule has 0 aliphatic heterocycles. The molecule has 3 aromatic rings. The molecule has 0 aliphatic carbocycles. The Morgan fingerprint density at radius 2 is 2.17 bits per heavy atom. The highest BCUT2D eigenvalue weighted by Gasteiger charge is 2.14. The van der Waals surface area contributed by atoms with E-state index >= 15 is 0 Å². The van der Waals surface area contributed by atoms with Gasteiger partial charge in [0.05, 0.1) is 9.90 Å². The Hall–Kier alpha value is -1.86. The minimum absolute atomic E-state index is 0.261. The minimum atomic E-state index is -0.497. The van der Waals surface area contributed by atoms with Gasteiger partial charge in [0.25, 0.3) is 5.56 Å². The number of rotatable bonds is 1. The Balaban J connectivity index is 2.40. The summed E-state index contributed by atoms with van der Waals surface area (Å²) in [5.41, 5.74) is -0.415. The maximum atomic E-state index is 11.6. The predicted octanol–water partition coefficient (Wildman–Crippen LogP) is 1.33. The van der Waals surface area contributed by atoms with Crippen molar-refractivity contribution in [2.45, 2.75) is 0 Å². The molecule has 92 valence electrons. The molecule has 3 aromatic heterocycles. The van der Waals surface area contributed by atoms with E-state index in [-0.39, 0.29) is 5.52 Å². The van der Waals surface area contributed by atoms with E-state index in [0.717, 1.165) is 4.88 Å². The highest BCUT2D eigenvalue weighted by Crippen LogP contribution is 2.31. The third kappa shape index (κ3) is 1.52. The highest BCUT2D eigenvalue weighted by atomic mass is 35.5. The fraction of sp³-hybridized carbons (Fsp3) is 0.100. The summed E-state index contributed by atoms with van der Waals surface area (Å²) in [6.45, 7) is 0. The van der Waals surface area contributed by atoms with Crippen LogP contribution >= 0.6 is 22.9 Å². The Morgan fingerprint density at radius 3 is 2.83 bits per heavy atom. The van der Waals surface area contributed by atoms with Gasteiger partial charge in [0.2, 0.25) is 0 Å². The molecule has 18 heavy (non-hydrogen) atoms. The van der Waals surface area contributed by atoms with Crippen LogP contribution in [-0.4, -0.2) is 19.5 Å². The first-order valence-electron chi connectivity index (χ1n) is 5.00. The van der Waals surface area contributed by atoms with Gasteiger partial charge in [-0.3, -0.25) is 14.3 Å². The molecule has 8 heteroatoms. The molecular weight excluding hydrogens is 276 g/mol. The molecule has 0 aliphatic rings. The lowest BCUT2D eigenvalue weighted by atomic mass is 10.4. The van der Waals surface area contributed by atoms with Crippen LogP contribution in [0.15, 0.2) is 21.0 Å². The molecule has 3 rings (SSSR count). The van der Waals surface area contributed by atoms with Crippen molar-refractivity contribution in [2.75, 3.05) is 0 Å². The number of imidazole rings is 1. The molecule has 0 bridgehead atoms. The van der Waals surface area contributed by atoms with E-state index in [1.165, 1.54) is 15.9 Å². The standard InChI is InChI=1S/C10H7ClN4O2S/c1-15-8-5(9(16)14-10(15)17)12-7(13-8)6-4(11)2-3-18-6/h2-3H,1H3,(H,12,13)(H,14,16,17). The van der Waals surface area contributed by atoms with E-state index in [4.69, 9.17) is 11.6 Å². The molecule has 0 spiro atoms. The van der Waals surface area contributed by atoms with Crippen molar-refractivity contribution in [1.82, 2.24) is 19.5 Å². The number of fused-ring (bicyclic) bond motifs is 1. The maximum absolute atomic E-state index is 11.6. The number of aromatic amines is 2. The second-order valence-corrected chi connectivity index (χ2v) is 5.02. The van der Waals surface area contributed by atoms with Crippen molar-refractivity contribution in [3.05, 3.63) is 37.3 Å². The average molecular weight is 283 g/mol. The van der Waals surface area contributed by atoms with E-state index in [2.05, 4.69) is 15.0 Å². The lowest BCUT2D eigenvalue weighted by Crippen LogP contribution is -2.28. The zero-order chi connectivity index (χ0) is 12.9. The first-order chi connectivity index (χ1) is 8.58. The molecule has 3 heterocycles. The Labute approximate surface area is 109 Å². The van der Waals surface area contributed by atoms with Crippen molar-refractivity contribution in [3.8, 4) is 10.7 Å². The van der Waals surface area contributed by atoms with Gasteiger partial charge in [-0.15, -0.1) is 11.3 Å². The van der Waals surface area contributed by atoms with Crippen LogP contribution in [0.2, 0.25) is 5.02 Å². The quantitative estimate of drug-likeness (QED) is 0.706. The number of H-pyrrole nitrogens is 2. The monoisotopic (exact) mass is 282 g/mol. The van der Waals surface area contributed by atoms with Gasteiger partial charge in [-0.05, 0) is 11.4 Å². The van der Waals surface area contributed by atoms with Gasteiger partial charge in [0.1, 0.15) is 5.52 Å². The van der Waals surface area contributed by atoms with E-state index in [0.29, 0.717) is 16.5 Å².